The molecule has 2 atom stereocenters. The van der Waals surface area contributed by atoms with E-state index in [0.29, 0.717) is 5.92 Å². The molecule has 0 radical (unpaired) electrons. The number of hydrogen-bond donors (Lipinski definition) is 2. The number of hydrogen-bond acceptors (Lipinski definition) is 3. The van der Waals surface area contributed by atoms with Gasteiger partial charge in [0.2, 0.25) is 0 Å². The van der Waals surface area contributed by atoms with Gasteiger partial charge in [-0.1, -0.05) is 6.92 Å². The lowest BCUT2D eigenvalue weighted by atomic mass is 9.92. The monoisotopic (exact) mass is 186 g/mol. The van der Waals surface area contributed by atoms with Gasteiger partial charge in [-0.2, -0.15) is 0 Å². The maximum absolute atomic E-state index is 9.66. The smallest absolute Gasteiger partial charge is 0.0592 e. The summed E-state index contributed by atoms with van der Waals surface area (Å²) in [5, 5.41) is 9.66. The molecule has 1 saturated heterocycles. The van der Waals surface area contributed by atoms with Gasteiger partial charge in [-0.15, -0.1) is 0 Å². The Kier molecular flexibility index (Phi) is 4.70. The summed E-state index contributed by atoms with van der Waals surface area (Å²) in [5.74, 6) is 0.478. The molecule has 0 saturated carbocycles. The molecular weight excluding hydrogens is 164 g/mol. The van der Waals surface area contributed by atoms with Gasteiger partial charge in [0.1, 0.15) is 0 Å². The second kappa shape index (κ2) is 5.58. The van der Waals surface area contributed by atoms with E-state index in [0.717, 1.165) is 45.4 Å². The summed E-state index contributed by atoms with van der Waals surface area (Å²) in [6, 6.07) is 0. The van der Waals surface area contributed by atoms with Crippen molar-refractivity contribution in [3.63, 3.8) is 0 Å². The van der Waals surface area contributed by atoms with Gasteiger partial charge in [0.15, 0.2) is 0 Å². The second-order valence-electron chi connectivity index (χ2n) is 3.97. The molecule has 78 valence electrons. The highest BCUT2D eigenvalue weighted by Gasteiger charge is 2.25. The van der Waals surface area contributed by atoms with Crippen LogP contribution in [0.1, 0.15) is 26.2 Å². The lowest BCUT2D eigenvalue weighted by Crippen LogP contribution is -2.43. The highest BCUT2D eigenvalue weighted by atomic mass is 16.3. The normalized spacial score (nSPS) is 30.7. The summed E-state index contributed by atoms with van der Waals surface area (Å²) in [5.41, 5.74) is 5.46. The number of aliphatic hydroxyl groups is 1. The molecule has 1 aliphatic rings. The van der Waals surface area contributed by atoms with Gasteiger partial charge in [0.05, 0.1) is 6.10 Å². The van der Waals surface area contributed by atoms with E-state index < -0.39 is 0 Å². The minimum absolute atomic E-state index is 0.0703. The molecule has 1 rings (SSSR count). The van der Waals surface area contributed by atoms with Crippen molar-refractivity contribution in [2.75, 3.05) is 26.2 Å². The first-order valence-corrected chi connectivity index (χ1v) is 5.38. The lowest BCUT2D eigenvalue weighted by Gasteiger charge is -2.35. The van der Waals surface area contributed by atoms with E-state index in [1.165, 1.54) is 0 Å². The van der Waals surface area contributed by atoms with Crippen molar-refractivity contribution < 1.29 is 5.11 Å². The van der Waals surface area contributed by atoms with Gasteiger partial charge in [0, 0.05) is 13.1 Å². The molecular formula is C10H22N2O. The summed E-state index contributed by atoms with van der Waals surface area (Å²) < 4.78 is 0. The minimum Gasteiger partial charge on any atom is -0.393 e. The molecule has 1 aliphatic heterocycles. The van der Waals surface area contributed by atoms with Gasteiger partial charge >= 0.3 is 0 Å². The van der Waals surface area contributed by atoms with Crippen LogP contribution in [0.2, 0.25) is 0 Å². The van der Waals surface area contributed by atoms with Crippen LogP contribution < -0.4 is 5.73 Å². The molecule has 0 bridgehead atoms. The molecule has 2 unspecified atom stereocenters. The number of piperidine rings is 1. The van der Waals surface area contributed by atoms with Gasteiger partial charge in [-0.3, -0.25) is 0 Å². The standard InChI is InChI=1S/C10H22N2O/c1-2-9-8-12(6-3-5-11)7-4-10(9)13/h9-10,13H,2-8,11H2,1H3. The van der Waals surface area contributed by atoms with Crippen LogP contribution >= 0.6 is 0 Å². The van der Waals surface area contributed by atoms with E-state index in [1.807, 2.05) is 0 Å². The zero-order valence-corrected chi connectivity index (χ0v) is 8.58. The Morgan fingerprint density at radius 2 is 2.31 bits per heavy atom. The average Bonchev–Trinajstić information content (AvgIpc) is 2.16. The Labute approximate surface area is 80.9 Å². The third-order valence-electron chi connectivity index (χ3n) is 2.98. The van der Waals surface area contributed by atoms with E-state index in [1.54, 1.807) is 0 Å². The number of nitrogens with zero attached hydrogens (tertiary/aromatic N) is 1. The lowest BCUT2D eigenvalue weighted by molar-refractivity contribution is 0.0251. The second-order valence-corrected chi connectivity index (χ2v) is 3.97. The molecule has 0 aromatic heterocycles. The quantitative estimate of drug-likeness (QED) is 0.669. The van der Waals surface area contributed by atoms with Crippen molar-refractivity contribution >= 4 is 0 Å². The van der Waals surface area contributed by atoms with Crippen LogP contribution in [0.3, 0.4) is 0 Å². The fourth-order valence-corrected chi connectivity index (χ4v) is 2.01. The van der Waals surface area contributed by atoms with Crippen LogP contribution in [0.25, 0.3) is 0 Å². The zero-order valence-electron chi connectivity index (χ0n) is 8.58. The van der Waals surface area contributed by atoms with E-state index in [9.17, 15) is 5.11 Å². The van der Waals surface area contributed by atoms with Crippen LogP contribution in [-0.4, -0.2) is 42.3 Å². The van der Waals surface area contributed by atoms with Gasteiger partial charge in [0.25, 0.3) is 0 Å². The van der Waals surface area contributed by atoms with Crippen LogP contribution in [0.4, 0.5) is 0 Å². The maximum atomic E-state index is 9.66. The fourth-order valence-electron chi connectivity index (χ4n) is 2.01. The number of rotatable bonds is 4. The summed E-state index contributed by atoms with van der Waals surface area (Å²) in [4.78, 5) is 2.42. The zero-order chi connectivity index (χ0) is 9.68. The highest BCUT2D eigenvalue weighted by molar-refractivity contribution is 4.78. The molecule has 3 heteroatoms. The molecule has 13 heavy (non-hydrogen) atoms. The van der Waals surface area contributed by atoms with Gasteiger partial charge in [-0.25, -0.2) is 0 Å². The third-order valence-corrected chi connectivity index (χ3v) is 2.98. The number of nitrogens with two attached hydrogens (primary N) is 1. The first kappa shape index (κ1) is 11.0. The summed E-state index contributed by atoms with van der Waals surface area (Å²) in [6.07, 6.45) is 3.02. The summed E-state index contributed by atoms with van der Waals surface area (Å²) >= 11 is 0. The third kappa shape index (κ3) is 3.25. The van der Waals surface area contributed by atoms with Crippen molar-refractivity contribution in [1.29, 1.82) is 0 Å². The first-order valence-electron chi connectivity index (χ1n) is 5.38. The van der Waals surface area contributed by atoms with Crippen molar-refractivity contribution in [1.82, 2.24) is 4.90 Å². The van der Waals surface area contributed by atoms with Crippen molar-refractivity contribution in [2.45, 2.75) is 32.3 Å². The highest BCUT2D eigenvalue weighted by Crippen LogP contribution is 2.19. The first-order chi connectivity index (χ1) is 6.27. The van der Waals surface area contributed by atoms with Crippen LogP contribution in [-0.2, 0) is 0 Å². The molecule has 0 aromatic carbocycles. The molecule has 0 aliphatic carbocycles. The Morgan fingerprint density at radius 3 is 2.92 bits per heavy atom. The molecule has 3 nitrogen and oxygen atoms in total. The summed E-state index contributed by atoms with van der Waals surface area (Å²) in [6.45, 7) is 6.12. The Balaban J connectivity index is 2.27. The Bertz CT molecular complexity index is 139. The average molecular weight is 186 g/mol. The Morgan fingerprint density at radius 1 is 1.54 bits per heavy atom. The fraction of sp³-hybridized carbons (Fsp3) is 1.00. The topological polar surface area (TPSA) is 49.5 Å². The predicted octanol–water partition coefficient (Wildman–Crippen LogP) is 0.428. The molecule has 1 heterocycles. The van der Waals surface area contributed by atoms with Gasteiger partial charge < -0.3 is 15.7 Å². The van der Waals surface area contributed by atoms with Crippen LogP contribution in [0.15, 0.2) is 0 Å². The molecule has 1 fully saturated rings. The van der Waals surface area contributed by atoms with Crippen molar-refractivity contribution in [3.05, 3.63) is 0 Å². The minimum atomic E-state index is -0.0703. The SMILES string of the molecule is CCC1CN(CCCN)CCC1O. The number of likely N-dealkylation sites (tertiary alicyclic amines) is 1. The number of aliphatic hydroxyl groups excluding tert-OH is 1. The van der Waals surface area contributed by atoms with Crippen LogP contribution in [0, 0.1) is 5.92 Å². The van der Waals surface area contributed by atoms with Crippen molar-refractivity contribution in [3.8, 4) is 0 Å². The van der Waals surface area contributed by atoms with Crippen molar-refractivity contribution in [2.24, 2.45) is 11.7 Å². The Hall–Kier alpha value is -0.120. The largest absolute Gasteiger partial charge is 0.393 e. The predicted molar refractivity (Wildman–Crippen MR) is 54.5 cm³/mol. The van der Waals surface area contributed by atoms with Crippen LogP contribution in [0.5, 0.6) is 0 Å². The van der Waals surface area contributed by atoms with E-state index >= 15 is 0 Å². The van der Waals surface area contributed by atoms with E-state index in [2.05, 4.69) is 11.8 Å². The van der Waals surface area contributed by atoms with Gasteiger partial charge in [-0.05, 0) is 38.3 Å². The molecule has 3 N–H and O–H groups in total. The maximum Gasteiger partial charge on any atom is 0.0592 e. The van der Waals surface area contributed by atoms with E-state index in [-0.39, 0.29) is 6.10 Å². The summed E-state index contributed by atoms with van der Waals surface area (Å²) in [7, 11) is 0. The molecule has 0 spiro atoms. The molecule has 0 aromatic rings. The van der Waals surface area contributed by atoms with E-state index in [4.69, 9.17) is 5.73 Å². The molecule has 0 amide bonds.